The second kappa shape index (κ2) is 6.63. The van der Waals surface area contributed by atoms with Gasteiger partial charge in [0.05, 0.1) is 23.0 Å². The van der Waals surface area contributed by atoms with Gasteiger partial charge in [0.15, 0.2) is 0 Å². The smallest absolute Gasteiger partial charge is 0.0992 e. The SMILES string of the molecule is CN(CCCc1ccccc1)c1ccc(C#N)cc1N. The first-order valence-corrected chi connectivity index (χ1v) is 6.75. The molecule has 3 nitrogen and oxygen atoms in total. The number of nitrogens with zero attached hydrogens (tertiary/aromatic N) is 2. The molecule has 0 aliphatic carbocycles. The molecule has 0 heterocycles. The van der Waals surface area contributed by atoms with E-state index in [9.17, 15) is 0 Å². The molecule has 0 bridgehead atoms. The predicted octanol–water partition coefficient (Wildman–Crippen LogP) is 3.21. The fraction of sp³-hybridized carbons (Fsp3) is 0.235. The van der Waals surface area contributed by atoms with Crippen LogP contribution >= 0.6 is 0 Å². The van der Waals surface area contributed by atoms with Crippen molar-refractivity contribution in [2.45, 2.75) is 12.8 Å². The number of benzene rings is 2. The van der Waals surface area contributed by atoms with Crippen LogP contribution in [0.2, 0.25) is 0 Å². The van der Waals surface area contributed by atoms with Gasteiger partial charge in [-0.1, -0.05) is 30.3 Å². The lowest BCUT2D eigenvalue weighted by Crippen LogP contribution is -2.20. The maximum atomic E-state index is 8.84. The van der Waals surface area contributed by atoms with Gasteiger partial charge in [-0.05, 0) is 36.6 Å². The number of nitrogens with two attached hydrogens (primary N) is 1. The summed E-state index contributed by atoms with van der Waals surface area (Å²) in [6.07, 6.45) is 2.13. The van der Waals surface area contributed by atoms with E-state index in [1.54, 1.807) is 12.1 Å². The van der Waals surface area contributed by atoms with E-state index in [-0.39, 0.29) is 0 Å². The van der Waals surface area contributed by atoms with E-state index in [0.29, 0.717) is 11.3 Å². The third-order valence-corrected chi connectivity index (χ3v) is 3.37. The van der Waals surface area contributed by atoms with Crippen molar-refractivity contribution in [3.05, 3.63) is 59.7 Å². The molecule has 0 saturated carbocycles. The van der Waals surface area contributed by atoms with Crippen LogP contribution in [-0.4, -0.2) is 13.6 Å². The van der Waals surface area contributed by atoms with Crippen molar-refractivity contribution in [2.24, 2.45) is 0 Å². The molecule has 2 aromatic rings. The third kappa shape index (κ3) is 3.52. The van der Waals surface area contributed by atoms with Crippen LogP contribution in [0.1, 0.15) is 17.5 Å². The Morgan fingerprint density at radius 1 is 1.15 bits per heavy atom. The highest BCUT2D eigenvalue weighted by molar-refractivity contribution is 5.69. The number of aryl methyl sites for hydroxylation is 1. The number of anilines is 2. The Balaban J connectivity index is 1.92. The van der Waals surface area contributed by atoms with Gasteiger partial charge in [0.1, 0.15) is 0 Å². The standard InChI is InChI=1S/C17H19N3/c1-20(11-5-8-14-6-3-2-4-7-14)17-10-9-15(13-18)12-16(17)19/h2-4,6-7,9-10,12H,5,8,11,19H2,1H3. The van der Waals surface area contributed by atoms with Gasteiger partial charge in [-0.25, -0.2) is 0 Å². The van der Waals surface area contributed by atoms with E-state index >= 15 is 0 Å². The van der Waals surface area contributed by atoms with E-state index in [2.05, 4.69) is 35.2 Å². The summed E-state index contributed by atoms with van der Waals surface area (Å²) in [5.41, 5.74) is 9.59. The molecule has 0 aromatic heterocycles. The van der Waals surface area contributed by atoms with Crippen molar-refractivity contribution in [2.75, 3.05) is 24.2 Å². The van der Waals surface area contributed by atoms with E-state index in [1.807, 2.05) is 19.2 Å². The molecular weight excluding hydrogens is 246 g/mol. The molecule has 3 heteroatoms. The molecule has 102 valence electrons. The fourth-order valence-electron chi connectivity index (χ4n) is 2.26. The monoisotopic (exact) mass is 265 g/mol. The second-order valence-corrected chi connectivity index (χ2v) is 4.90. The molecule has 2 rings (SSSR count). The maximum absolute atomic E-state index is 8.84. The number of hydrogen-bond acceptors (Lipinski definition) is 3. The normalized spacial score (nSPS) is 10.0. The minimum absolute atomic E-state index is 0.601. The minimum Gasteiger partial charge on any atom is -0.397 e. The second-order valence-electron chi connectivity index (χ2n) is 4.90. The van der Waals surface area contributed by atoms with Crippen LogP contribution in [0, 0.1) is 11.3 Å². The molecule has 0 unspecified atom stereocenters. The van der Waals surface area contributed by atoms with Gasteiger partial charge in [-0.15, -0.1) is 0 Å². The topological polar surface area (TPSA) is 53.0 Å². The highest BCUT2D eigenvalue weighted by Crippen LogP contribution is 2.23. The average molecular weight is 265 g/mol. The molecule has 0 saturated heterocycles. The number of nitrogen functional groups attached to an aromatic ring is 1. The quantitative estimate of drug-likeness (QED) is 0.845. The molecular formula is C17H19N3. The van der Waals surface area contributed by atoms with E-state index in [4.69, 9.17) is 11.0 Å². The lowest BCUT2D eigenvalue weighted by molar-refractivity contribution is 0.786. The Hall–Kier alpha value is -2.47. The zero-order valence-electron chi connectivity index (χ0n) is 11.7. The number of hydrogen-bond donors (Lipinski definition) is 1. The van der Waals surface area contributed by atoms with Crippen molar-refractivity contribution in [1.82, 2.24) is 0 Å². The molecule has 0 spiro atoms. The summed E-state index contributed by atoms with van der Waals surface area (Å²) in [6, 6.07) is 18.0. The molecule has 0 fully saturated rings. The first-order valence-electron chi connectivity index (χ1n) is 6.75. The van der Waals surface area contributed by atoms with Crippen LogP contribution in [0.3, 0.4) is 0 Å². The Labute approximate surface area is 120 Å². The van der Waals surface area contributed by atoms with Crippen LogP contribution in [0.4, 0.5) is 11.4 Å². The molecule has 2 aromatic carbocycles. The molecule has 0 aliphatic heterocycles. The molecule has 2 N–H and O–H groups in total. The minimum atomic E-state index is 0.601. The van der Waals surface area contributed by atoms with Crippen molar-refractivity contribution in [3.63, 3.8) is 0 Å². The van der Waals surface area contributed by atoms with Gasteiger partial charge >= 0.3 is 0 Å². The number of rotatable bonds is 5. The van der Waals surface area contributed by atoms with E-state index < -0.39 is 0 Å². The van der Waals surface area contributed by atoms with Crippen LogP contribution in [0.25, 0.3) is 0 Å². The highest BCUT2D eigenvalue weighted by Gasteiger charge is 2.06. The first-order chi connectivity index (χ1) is 9.70. The largest absolute Gasteiger partial charge is 0.397 e. The predicted molar refractivity (Wildman–Crippen MR) is 83.6 cm³/mol. The molecule has 0 aliphatic rings. The lowest BCUT2D eigenvalue weighted by Gasteiger charge is -2.21. The van der Waals surface area contributed by atoms with Crippen molar-refractivity contribution in [3.8, 4) is 6.07 Å². The first kappa shape index (κ1) is 14.0. The molecule has 20 heavy (non-hydrogen) atoms. The summed E-state index contributed by atoms with van der Waals surface area (Å²) in [5.74, 6) is 0. The van der Waals surface area contributed by atoms with Gasteiger partial charge < -0.3 is 10.6 Å². The summed E-state index contributed by atoms with van der Waals surface area (Å²) in [5, 5.41) is 8.84. The summed E-state index contributed by atoms with van der Waals surface area (Å²) < 4.78 is 0. The molecule has 0 radical (unpaired) electrons. The van der Waals surface area contributed by atoms with Gasteiger partial charge in [-0.3, -0.25) is 0 Å². The highest BCUT2D eigenvalue weighted by atomic mass is 15.1. The van der Waals surface area contributed by atoms with Crippen LogP contribution in [-0.2, 0) is 6.42 Å². The van der Waals surface area contributed by atoms with Gasteiger partial charge in [0.2, 0.25) is 0 Å². The van der Waals surface area contributed by atoms with Crippen molar-refractivity contribution < 1.29 is 0 Å². The van der Waals surface area contributed by atoms with Crippen molar-refractivity contribution >= 4 is 11.4 Å². The Bertz CT molecular complexity index is 599. The Morgan fingerprint density at radius 2 is 1.90 bits per heavy atom. The zero-order chi connectivity index (χ0) is 14.4. The third-order valence-electron chi connectivity index (χ3n) is 3.37. The Morgan fingerprint density at radius 3 is 2.55 bits per heavy atom. The van der Waals surface area contributed by atoms with Crippen LogP contribution in [0.15, 0.2) is 48.5 Å². The average Bonchev–Trinajstić information content (AvgIpc) is 2.48. The Kier molecular flexibility index (Phi) is 4.62. The van der Waals surface area contributed by atoms with Gasteiger partial charge in [0.25, 0.3) is 0 Å². The van der Waals surface area contributed by atoms with Crippen molar-refractivity contribution in [1.29, 1.82) is 5.26 Å². The van der Waals surface area contributed by atoms with E-state index in [1.165, 1.54) is 5.56 Å². The fourth-order valence-corrected chi connectivity index (χ4v) is 2.26. The summed E-state index contributed by atoms with van der Waals surface area (Å²) in [7, 11) is 2.03. The summed E-state index contributed by atoms with van der Waals surface area (Å²) in [4.78, 5) is 2.14. The summed E-state index contributed by atoms with van der Waals surface area (Å²) in [6.45, 7) is 0.936. The zero-order valence-corrected chi connectivity index (χ0v) is 11.7. The van der Waals surface area contributed by atoms with Gasteiger partial charge in [-0.2, -0.15) is 5.26 Å². The van der Waals surface area contributed by atoms with Crippen LogP contribution in [0.5, 0.6) is 0 Å². The molecule has 0 atom stereocenters. The number of nitriles is 1. The maximum Gasteiger partial charge on any atom is 0.0992 e. The molecule has 0 amide bonds. The van der Waals surface area contributed by atoms with E-state index in [0.717, 1.165) is 25.1 Å². The summed E-state index contributed by atoms with van der Waals surface area (Å²) >= 11 is 0. The van der Waals surface area contributed by atoms with Gasteiger partial charge in [0, 0.05) is 13.6 Å². The van der Waals surface area contributed by atoms with Crippen LogP contribution < -0.4 is 10.6 Å². The lowest BCUT2D eigenvalue weighted by atomic mass is 10.1.